The van der Waals surface area contributed by atoms with Gasteiger partial charge in [0, 0.05) is 12.6 Å². The molecule has 1 atom stereocenters. The summed E-state index contributed by atoms with van der Waals surface area (Å²) in [5, 5.41) is 3.18. The molecule has 0 aliphatic heterocycles. The molecule has 1 aliphatic carbocycles. The number of carbonyl (C=O) groups is 1. The van der Waals surface area contributed by atoms with Gasteiger partial charge in [0.05, 0.1) is 6.61 Å². The summed E-state index contributed by atoms with van der Waals surface area (Å²) >= 11 is 0. The van der Waals surface area contributed by atoms with Crippen LogP contribution >= 0.6 is 0 Å². The maximum Gasteiger partial charge on any atom is 0.323 e. The van der Waals surface area contributed by atoms with Crippen LogP contribution in [0.15, 0.2) is 0 Å². The van der Waals surface area contributed by atoms with E-state index in [0.29, 0.717) is 6.61 Å². The number of nitrogens with zero attached hydrogens (tertiary/aromatic N) is 1. The van der Waals surface area contributed by atoms with Gasteiger partial charge < -0.3 is 15.0 Å². The van der Waals surface area contributed by atoms with Crippen molar-refractivity contribution in [3.8, 4) is 0 Å². The molecule has 1 fully saturated rings. The zero-order chi connectivity index (χ0) is 12.0. The van der Waals surface area contributed by atoms with Crippen molar-refractivity contribution in [3.05, 3.63) is 0 Å². The topological polar surface area (TPSA) is 41.6 Å². The first kappa shape index (κ1) is 13.5. The zero-order valence-electron chi connectivity index (χ0n) is 10.7. The molecular weight excluding hydrogens is 204 g/mol. The van der Waals surface area contributed by atoms with Gasteiger partial charge in [0.25, 0.3) is 0 Å². The van der Waals surface area contributed by atoms with E-state index >= 15 is 0 Å². The van der Waals surface area contributed by atoms with Gasteiger partial charge in [-0.15, -0.1) is 0 Å². The Balaban J connectivity index is 2.28. The van der Waals surface area contributed by atoms with Gasteiger partial charge in [-0.3, -0.25) is 4.79 Å². The molecule has 1 rings (SSSR count). The largest absolute Gasteiger partial charge is 0.465 e. The van der Waals surface area contributed by atoms with Gasteiger partial charge >= 0.3 is 5.97 Å². The van der Waals surface area contributed by atoms with Crippen molar-refractivity contribution in [1.29, 1.82) is 0 Å². The molecule has 1 saturated carbocycles. The van der Waals surface area contributed by atoms with Gasteiger partial charge in [-0.25, -0.2) is 0 Å². The predicted molar refractivity (Wildman–Crippen MR) is 64.4 cm³/mol. The highest BCUT2D eigenvalue weighted by Gasteiger charge is 2.27. The van der Waals surface area contributed by atoms with Gasteiger partial charge in [-0.1, -0.05) is 6.92 Å². The number of hydrogen-bond donors (Lipinski definition) is 1. The molecule has 0 heterocycles. The summed E-state index contributed by atoms with van der Waals surface area (Å²) in [5.74, 6) is -0.117. The van der Waals surface area contributed by atoms with E-state index in [1.54, 1.807) is 0 Å². The lowest BCUT2D eigenvalue weighted by Crippen LogP contribution is -2.40. The molecule has 0 amide bonds. The van der Waals surface area contributed by atoms with Gasteiger partial charge in [0.15, 0.2) is 0 Å². The van der Waals surface area contributed by atoms with Crippen molar-refractivity contribution < 1.29 is 9.53 Å². The van der Waals surface area contributed by atoms with Crippen molar-refractivity contribution in [3.63, 3.8) is 0 Å². The Kier molecular flexibility index (Phi) is 5.77. The minimum atomic E-state index is -0.147. The molecule has 4 nitrogen and oxygen atoms in total. The van der Waals surface area contributed by atoms with E-state index < -0.39 is 0 Å². The summed E-state index contributed by atoms with van der Waals surface area (Å²) in [5.41, 5.74) is 0. The molecule has 16 heavy (non-hydrogen) atoms. The molecule has 0 bridgehead atoms. The van der Waals surface area contributed by atoms with Crippen molar-refractivity contribution in [1.82, 2.24) is 10.2 Å². The van der Waals surface area contributed by atoms with Crippen molar-refractivity contribution in [2.75, 3.05) is 26.7 Å². The van der Waals surface area contributed by atoms with E-state index in [2.05, 4.69) is 17.3 Å². The lowest BCUT2D eigenvalue weighted by molar-refractivity contribution is -0.145. The van der Waals surface area contributed by atoms with Gasteiger partial charge in [0.1, 0.15) is 6.04 Å². The number of likely N-dealkylation sites (N-methyl/N-ethyl adjacent to an activating group) is 1. The van der Waals surface area contributed by atoms with Crippen LogP contribution in [0.1, 0.15) is 33.1 Å². The molecule has 0 spiro atoms. The molecule has 0 aromatic rings. The third-order valence-corrected chi connectivity index (χ3v) is 2.96. The van der Waals surface area contributed by atoms with Crippen LogP contribution in [0, 0.1) is 0 Å². The number of esters is 1. The van der Waals surface area contributed by atoms with E-state index in [9.17, 15) is 4.79 Å². The molecule has 0 radical (unpaired) electrons. The summed E-state index contributed by atoms with van der Waals surface area (Å²) in [6.07, 6.45) is 3.45. The molecule has 1 N–H and O–H groups in total. The lowest BCUT2D eigenvalue weighted by Gasteiger charge is -2.20. The van der Waals surface area contributed by atoms with Crippen LogP contribution in [0.4, 0.5) is 0 Å². The smallest absolute Gasteiger partial charge is 0.323 e. The summed E-state index contributed by atoms with van der Waals surface area (Å²) in [7, 11) is 2.13. The first-order valence-electron chi connectivity index (χ1n) is 6.29. The zero-order valence-corrected chi connectivity index (χ0v) is 10.7. The number of carbonyl (C=O) groups excluding carboxylic acids is 1. The highest BCUT2D eigenvalue weighted by molar-refractivity contribution is 5.75. The molecule has 4 heteroatoms. The maximum atomic E-state index is 11.6. The van der Waals surface area contributed by atoms with Crippen molar-refractivity contribution in [2.24, 2.45) is 0 Å². The van der Waals surface area contributed by atoms with Crippen LogP contribution in [0.3, 0.4) is 0 Å². The van der Waals surface area contributed by atoms with E-state index in [1.165, 1.54) is 12.8 Å². The van der Waals surface area contributed by atoms with E-state index in [4.69, 9.17) is 4.74 Å². The van der Waals surface area contributed by atoms with Gasteiger partial charge in [-0.05, 0) is 39.8 Å². The average Bonchev–Trinajstić information content (AvgIpc) is 3.07. The number of ether oxygens (including phenoxy) is 1. The molecular formula is C12H24N2O2. The normalized spacial score (nSPS) is 17.5. The fourth-order valence-electron chi connectivity index (χ4n) is 1.82. The van der Waals surface area contributed by atoms with Gasteiger partial charge in [0.2, 0.25) is 0 Å². The Morgan fingerprint density at radius 1 is 1.50 bits per heavy atom. The van der Waals surface area contributed by atoms with Crippen LogP contribution in [0.2, 0.25) is 0 Å². The minimum Gasteiger partial charge on any atom is -0.465 e. The Morgan fingerprint density at radius 2 is 2.19 bits per heavy atom. The van der Waals surface area contributed by atoms with Crippen LogP contribution in [0.5, 0.6) is 0 Å². The molecule has 1 unspecified atom stereocenters. The second-order valence-electron chi connectivity index (χ2n) is 4.36. The standard InChI is InChI=1S/C12H24N2O2/c1-4-13-11(12(15)16-5-2)8-9-14(3)10-6-7-10/h10-11,13H,4-9H2,1-3H3. The van der Waals surface area contributed by atoms with E-state index in [0.717, 1.165) is 25.6 Å². The third kappa shape index (κ3) is 4.49. The van der Waals surface area contributed by atoms with Gasteiger partial charge in [-0.2, -0.15) is 0 Å². The monoisotopic (exact) mass is 228 g/mol. The van der Waals surface area contributed by atoms with E-state index in [-0.39, 0.29) is 12.0 Å². The highest BCUT2D eigenvalue weighted by Crippen LogP contribution is 2.25. The first-order valence-corrected chi connectivity index (χ1v) is 6.29. The second kappa shape index (κ2) is 6.86. The van der Waals surface area contributed by atoms with Crippen LogP contribution in [-0.2, 0) is 9.53 Å². The van der Waals surface area contributed by atoms with Crippen LogP contribution in [0.25, 0.3) is 0 Å². The number of nitrogens with one attached hydrogen (secondary N) is 1. The summed E-state index contributed by atoms with van der Waals surface area (Å²) in [4.78, 5) is 14.0. The van der Waals surface area contributed by atoms with Crippen LogP contribution < -0.4 is 5.32 Å². The second-order valence-corrected chi connectivity index (χ2v) is 4.36. The SMILES string of the molecule is CCNC(CCN(C)C1CC1)C(=O)OCC. The maximum absolute atomic E-state index is 11.6. The Labute approximate surface area is 98.3 Å². The fraction of sp³-hybridized carbons (Fsp3) is 0.917. The molecule has 0 aromatic carbocycles. The number of rotatable bonds is 8. The quantitative estimate of drug-likeness (QED) is 0.630. The Hall–Kier alpha value is -0.610. The minimum absolute atomic E-state index is 0.117. The third-order valence-electron chi connectivity index (χ3n) is 2.96. The summed E-state index contributed by atoms with van der Waals surface area (Å²) in [6.45, 7) is 6.07. The van der Waals surface area contributed by atoms with E-state index in [1.807, 2.05) is 13.8 Å². The number of hydrogen-bond acceptors (Lipinski definition) is 4. The Morgan fingerprint density at radius 3 is 2.69 bits per heavy atom. The predicted octanol–water partition coefficient (Wildman–Crippen LogP) is 1.01. The average molecular weight is 228 g/mol. The molecule has 94 valence electrons. The lowest BCUT2D eigenvalue weighted by atomic mass is 10.2. The highest BCUT2D eigenvalue weighted by atomic mass is 16.5. The molecule has 0 saturated heterocycles. The van der Waals surface area contributed by atoms with Crippen molar-refractivity contribution in [2.45, 2.75) is 45.2 Å². The molecule has 1 aliphatic rings. The van der Waals surface area contributed by atoms with Crippen molar-refractivity contribution >= 4 is 5.97 Å². The first-order chi connectivity index (χ1) is 7.69. The molecule has 0 aromatic heterocycles. The van der Waals surface area contributed by atoms with Crippen LogP contribution in [-0.4, -0.2) is 49.7 Å². The summed E-state index contributed by atoms with van der Waals surface area (Å²) in [6, 6.07) is 0.607. The fourth-order valence-corrected chi connectivity index (χ4v) is 1.82. The Bertz CT molecular complexity index is 217. The summed E-state index contributed by atoms with van der Waals surface area (Å²) < 4.78 is 5.05.